The third kappa shape index (κ3) is 3.91. The predicted octanol–water partition coefficient (Wildman–Crippen LogP) is 3.97. The molecule has 0 aliphatic heterocycles. The van der Waals surface area contributed by atoms with E-state index in [-0.39, 0.29) is 6.10 Å². The van der Waals surface area contributed by atoms with Crippen molar-refractivity contribution in [1.82, 2.24) is 9.97 Å². The van der Waals surface area contributed by atoms with Gasteiger partial charge in [-0.3, -0.25) is 0 Å². The Morgan fingerprint density at radius 2 is 1.84 bits per heavy atom. The van der Waals surface area contributed by atoms with Crippen molar-refractivity contribution in [3.63, 3.8) is 0 Å². The summed E-state index contributed by atoms with van der Waals surface area (Å²) in [7, 11) is 0. The molecule has 1 atom stereocenters. The van der Waals surface area contributed by atoms with Gasteiger partial charge in [-0.1, -0.05) is 23.7 Å². The van der Waals surface area contributed by atoms with Crippen molar-refractivity contribution in [2.45, 2.75) is 20.0 Å². The van der Waals surface area contributed by atoms with E-state index in [9.17, 15) is 0 Å². The van der Waals surface area contributed by atoms with Gasteiger partial charge in [0.15, 0.2) is 0 Å². The highest BCUT2D eigenvalue weighted by atomic mass is 35.5. The van der Waals surface area contributed by atoms with Crippen molar-refractivity contribution in [1.29, 1.82) is 0 Å². The summed E-state index contributed by atoms with van der Waals surface area (Å²) in [5, 5.41) is 3.63. The summed E-state index contributed by atoms with van der Waals surface area (Å²) in [4.78, 5) is 8.16. The molecule has 1 aromatic carbocycles. The lowest BCUT2D eigenvalue weighted by Gasteiger charge is -2.12. The van der Waals surface area contributed by atoms with Gasteiger partial charge in [0.2, 0.25) is 5.95 Å². The van der Waals surface area contributed by atoms with Crippen LogP contribution in [-0.2, 0) is 4.74 Å². The van der Waals surface area contributed by atoms with Crippen LogP contribution >= 0.6 is 11.6 Å². The second-order valence-electron chi connectivity index (χ2n) is 4.07. The number of ether oxygens (including phenoxy) is 1. The molecule has 1 aromatic heterocycles. The summed E-state index contributed by atoms with van der Waals surface area (Å²) in [6.45, 7) is 4.73. The Morgan fingerprint density at radius 3 is 2.42 bits per heavy atom. The largest absolute Gasteiger partial charge is 0.374 e. The molecule has 19 heavy (non-hydrogen) atoms. The van der Waals surface area contributed by atoms with E-state index in [1.807, 2.05) is 38.1 Å². The first-order valence-corrected chi connectivity index (χ1v) is 6.53. The van der Waals surface area contributed by atoms with Gasteiger partial charge in [-0.05, 0) is 31.5 Å². The fraction of sp³-hybridized carbons (Fsp3) is 0.286. The smallest absolute Gasteiger partial charge is 0.227 e. The zero-order valence-electron chi connectivity index (χ0n) is 10.9. The molecule has 1 heterocycles. The molecule has 0 spiro atoms. The number of nitrogens with one attached hydrogen (secondary N) is 1. The molecular formula is C14H16ClN3O. The number of halogens is 1. The number of hydrogen-bond acceptors (Lipinski definition) is 4. The van der Waals surface area contributed by atoms with E-state index in [2.05, 4.69) is 15.3 Å². The number of rotatable bonds is 5. The monoisotopic (exact) mass is 277 g/mol. The highest BCUT2D eigenvalue weighted by Crippen LogP contribution is 2.20. The zero-order chi connectivity index (χ0) is 13.7. The van der Waals surface area contributed by atoms with Gasteiger partial charge >= 0.3 is 0 Å². The molecule has 1 unspecified atom stereocenters. The maximum Gasteiger partial charge on any atom is 0.227 e. The number of nitrogens with zero attached hydrogens (tertiary/aromatic N) is 2. The topological polar surface area (TPSA) is 47.0 Å². The lowest BCUT2D eigenvalue weighted by molar-refractivity contribution is 0.0764. The number of hydrogen-bond donors (Lipinski definition) is 1. The fourth-order valence-electron chi connectivity index (χ4n) is 1.69. The summed E-state index contributed by atoms with van der Waals surface area (Å²) in [6.07, 6.45) is 3.22. The number of benzene rings is 1. The van der Waals surface area contributed by atoms with Crippen molar-refractivity contribution in [2.75, 3.05) is 11.9 Å². The second-order valence-corrected chi connectivity index (χ2v) is 4.51. The zero-order valence-corrected chi connectivity index (χ0v) is 11.7. The third-order valence-corrected chi connectivity index (χ3v) is 2.87. The first-order chi connectivity index (χ1) is 9.19. The predicted molar refractivity (Wildman–Crippen MR) is 76.8 cm³/mol. The molecule has 0 bridgehead atoms. The van der Waals surface area contributed by atoms with Gasteiger partial charge in [0.05, 0.1) is 23.5 Å². The Morgan fingerprint density at radius 1 is 1.21 bits per heavy atom. The molecule has 0 saturated carbocycles. The molecule has 2 aromatic rings. The molecular weight excluding hydrogens is 262 g/mol. The molecule has 0 saturated heterocycles. The van der Waals surface area contributed by atoms with Gasteiger partial charge < -0.3 is 10.1 Å². The van der Waals surface area contributed by atoms with Crippen molar-refractivity contribution >= 4 is 23.2 Å². The minimum absolute atomic E-state index is 0.103. The number of anilines is 2. The Kier molecular flexibility index (Phi) is 4.71. The van der Waals surface area contributed by atoms with E-state index in [0.717, 1.165) is 11.3 Å². The van der Waals surface area contributed by atoms with Gasteiger partial charge in [0.1, 0.15) is 0 Å². The van der Waals surface area contributed by atoms with Crippen molar-refractivity contribution < 1.29 is 4.74 Å². The lowest BCUT2D eigenvalue weighted by Crippen LogP contribution is -2.00. The summed E-state index contributed by atoms with van der Waals surface area (Å²) in [5.74, 6) is 0.523. The van der Waals surface area contributed by atoms with Crippen LogP contribution in [0.3, 0.4) is 0 Å². The van der Waals surface area contributed by atoms with Crippen LogP contribution in [0.1, 0.15) is 25.5 Å². The van der Waals surface area contributed by atoms with E-state index in [1.54, 1.807) is 12.4 Å². The third-order valence-electron chi connectivity index (χ3n) is 2.67. The average molecular weight is 278 g/mol. The van der Waals surface area contributed by atoms with Gasteiger partial charge in [0, 0.05) is 12.3 Å². The van der Waals surface area contributed by atoms with Crippen molar-refractivity contribution in [3.8, 4) is 0 Å². The Balaban J connectivity index is 2.04. The SMILES string of the molecule is CCOC(C)c1ccc(Nc2ncc(Cl)cn2)cc1. The lowest BCUT2D eigenvalue weighted by atomic mass is 10.1. The Bertz CT molecular complexity index is 513. The highest BCUT2D eigenvalue weighted by Gasteiger charge is 2.04. The molecule has 1 N–H and O–H groups in total. The van der Waals surface area contributed by atoms with Crippen molar-refractivity contribution in [3.05, 3.63) is 47.2 Å². The standard InChI is InChI=1S/C14H16ClN3O/c1-3-19-10(2)11-4-6-13(7-5-11)18-14-16-8-12(15)9-17-14/h4-10H,3H2,1-2H3,(H,16,17,18). The van der Waals surface area contributed by atoms with Crippen LogP contribution < -0.4 is 5.32 Å². The second kappa shape index (κ2) is 6.50. The summed E-state index contributed by atoms with van der Waals surface area (Å²) in [6, 6.07) is 8.00. The molecule has 0 radical (unpaired) electrons. The van der Waals surface area contributed by atoms with E-state index in [4.69, 9.17) is 16.3 Å². The summed E-state index contributed by atoms with van der Waals surface area (Å²) >= 11 is 5.73. The van der Waals surface area contributed by atoms with Crippen LogP contribution in [0.2, 0.25) is 5.02 Å². The van der Waals surface area contributed by atoms with Crippen LogP contribution in [0, 0.1) is 0 Å². The van der Waals surface area contributed by atoms with Gasteiger partial charge in [-0.2, -0.15) is 0 Å². The maximum absolute atomic E-state index is 5.73. The van der Waals surface area contributed by atoms with E-state index >= 15 is 0 Å². The molecule has 0 aliphatic rings. The minimum atomic E-state index is 0.103. The fourth-order valence-corrected chi connectivity index (χ4v) is 1.79. The van der Waals surface area contributed by atoms with E-state index in [1.165, 1.54) is 0 Å². The first kappa shape index (κ1) is 13.8. The van der Waals surface area contributed by atoms with Crippen LogP contribution in [0.15, 0.2) is 36.7 Å². The van der Waals surface area contributed by atoms with Gasteiger partial charge in [-0.15, -0.1) is 0 Å². The molecule has 0 aliphatic carbocycles. The molecule has 0 amide bonds. The van der Waals surface area contributed by atoms with E-state index < -0.39 is 0 Å². The Hall–Kier alpha value is -1.65. The maximum atomic E-state index is 5.73. The summed E-state index contributed by atoms with van der Waals surface area (Å²) in [5.41, 5.74) is 2.07. The molecule has 4 nitrogen and oxygen atoms in total. The average Bonchev–Trinajstić information content (AvgIpc) is 2.42. The molecule has 5 heteroatoms. The quantitative estimate of drug-likeness (QED) is 0.898. The first-order valence-electron chi connectivity index (χ1n) is 6.15. The van der Waals surface area contributed by atoms with Crippen LogP contribution in [0.25, 0.3) is 0 Å². The minimum Gasteiger partial charge on any atom is -0.374 e. The normalized spacial score (nSPS) is 12.2. The van der Waals surface area contributed by atoms with Crippen molar-refractivity contribution in [2.24, 2.45) is 0 Å². The highest BCUT2D eigenvalue weighted by molar-refractivity contribution is 6.30. The Labute approximate surface area is 117 Å². The van der Waals surface area contributed by atoms with Crippen LogP contribution in [-0.4, -0.2) is 16.6 Å². The van der Waals surface area contributed by atoms with Crippen LogP contribution in [0.4, 0.5) is 11.6 Å². The molecule has 2 rings (SSSR count). The van der Waals surface area contributed by atoms with Gasteiger partial charge in [-0.25, -0.2) is 9.97 Å². The molecule has 100 valence electrons. The molecule has 0 fully saturated rings. The van der Waals surface area contributed by atoms with E-state index in [0.29, 0.717) is 17.6 Å². The van der Waals surface area contributed by atoms with Gasteiger partial charge in [0.25, 0.3) is 0 Å². The number of aromatic nitrogens is 2. The summed E-state index contributed by atoms with van der Waals surface area (Å²) < 4.78 is 5.54. The van der Waals surface area contributed by atoms with Crippen LogP contribution in [0.5, 0.6) is 0 Å².